The first-order chi connectivity index (χ1) is 7.81. The van der Waals surface area contributed by atoms with E-state index in [1.54, 1.807) is 6.92 Å². The van der Waals surface area contributed by atoms with Crippen molar-refractivity contribution in [3.8, 4) is 0 Å². The van der Waals surface area contributed by atoms with Crippen LogP contribution in [0.5, 0.6) is 0 Å². The third-order valence-corrected chi connectivity index (χ3v) is 2.73. The van der Waals surface area contributed by atoms with Gasteiger partial charge in [0.2, 0.25) is 0 Å². The van der Waals surface area contributed by atoms with Gasteiger partial charge in [-0.15, -0.1) is 0 Å². The molecule has 0 unspecified atom stereocenters. The number of esters is 1. The lowest BCUT2D eigenvalue weighted by Gasteiger charge is -2.03. The van der Waals surface area contributed by atoms with Crippen molar-refractivity contribution < 1.29 is 9.53 Å². The molecule has 0 rings (SSSR count). The largest absolute Gasteiger partial charge is 0.465 e. The first-order valence-corrected chi connectivity index (χ1v) is 6.77. The zero-order valence-electron chi connectivity index (χ0n) is 11.0. The summed E-state index contributed by atoms with van der Waals surface area (Å²) >= 11 is 0. The molecule has 0 saturated heterocycles. The van der Waals surface area contributed by atoms with Crippen molar-refractivity contribution in [2.75, 3.05) is 6.61 Å². The van der Waals surface area contributed by atoms with E-state index in [0.29, 0.717) is 6.61 Å². The van der Waals surface area contributed by atoms with Gasteiger partial charge in [-0.1, -0.05) is 65.2 Å². The molecule has 0 aliphatic rings. The Kier molecular flexibility index (Phi) is 12.1. The summed E-state index contributed by atoms with van der Waals surface area (Å²) in [6, 6.07) is 0. The van der Waals surface area contributed by atoms with Gasteiger partial charge in [-0.05, 0) is 6.42 Å². The average molecular weight is 227 g/mol. The molecule has 95 valence electrons. The molecule has 0 atom stereocenters. The van der Waals surface area contributed by atoms with E-state index in [2.05, 4.69) is 6.92 Å². The second-order valence-electron chi connectivity index (χ2n) is 4.28. The molecule has 0 aliphatic heterocycles. The van der Waals surface area contributed by atoms with Gasteiger partial charge in [0.15, 0.2) is 0 Å². The van der Waals surface area contributed by atoms with Crippen LogP contribution in [0, 0.1) is 6.42 Å². The number of ether oxygens (including phenoxy) is 1. The van der Waals surface area contributed by atoms with E-state index in [1.165, 1.54) is 57.8 Å². The van der Waals surface area contributed by atoms with Crippen molar-refractivity contribution >= 4 is 5.97 Å². The summed E-state index contributed by atoms with van der Waals surface area (Å²) in [5, 5.41) is 0. The lowest BCUT2D eigenvalue weighted by molar-refractivity contribution is -0.139. The molecule has 2 heteroatoms. The Morgan fingerprint density at radius 1 is 0.938 bits per heavy atom. The van der Waals surface area contributed by atoms with Crippen LogP contribution in [0.15, 0.2) is 0 Å². The van der Waals surface area contributed by atoms with Crippen molar-refractivity contribution in [1.29, 1.82) is 0 Å². The molecule has 0 aromatic rings. The molecular formula is C14H27O2. The Labute approximate surface area is 101 Å². The molecule has 0 saturated carbocycles. The summed E-state index contributed by atoms with van der Waals surface area (Å²) in [7, 11) is 0. The molecule has 1 radical (unpaired) electrons. The predicted molar refractivity (Wildman–Crippen MR) is 68.2 cm³/mol. The Morgan fingerprint density at radius 3 is 1.94 bits per heavy atom. The Hall–Kier alpha value is -0.530. The SMILES string of the molecule is C[CH]C(=O)OCCCCCCCCCCC. The lowest BCUT2D eigenvalue weighted by Crippen LogP contribution is -2.04. The zero-order chi connectivity index (χ0) is 12.1. The van der Waals surface area contributed by atoms with E-state index in [9.17, 15) is 4.79 Å². The fourth-order valence-corrected chi connectivity index (χ4v) is 1.67. The number of hydrogen-bond acceptors (Lipinski definition) is 2. The number of carbonyl (C=O) groups is 1. The van der Waals surface area contributed by atoms with Gasteiger partial charge < -0.3 is 4.74 Å². The predicted octanol–water partition coefficient (Wildman–Crippen LogP) is 4.28. The second kappa shape index (κ2) is 12.5. The van der Waals surface area contributed by atoms with E-state index in [1.807, 2.05) is 0 Å². The number of unbranched alkanes of at least 4 members (excludes halogenated alkanes) is 8. The minimum atomic E-state index is -0.195. The average Bonchev–Trinajstić information content (AvgIpc) is 2.31. The van der Waals surface area contributed by atoms with Gasteiger partial charge in [0.1, 0.15) is 0 Å². The third-order valence-electron chi connectivity index (χ3n) is 2.73. The molecule has 0 amide bonds. The summed E-state index contributed by atoms with van der Waals surface area (Å²) in [5.41, 5.74) is 0. The molecule has 0 spiro atoms. The van der Waals surface area contributed by atoms with Crippen molar-refractivity contribution in [2.45, 2.75) is 71.6 Å². The van der Waals surface area contributed by atoms with Crippen LogP contribution in [0.3, 0.4) is 0 Å². The van der Waals surface area contributed by atoms with E-state index in [0.717, 1.165) is 6.42 Å². The highest BCUT2D eigenvalue weighted by Crippen LogP contribution is 2.09. The molecule has 0 fully saturated rings. The molecule has 0 bridgehead atoms. The van der Waals surface area contributed by atoms with Crippen LogP contribution >= 0.6 is 0 Å². The molecule has 0 aromatic carbocycles. The molecule has 0 aliphatic carbocycles. The maximum absolute atomic E-state index is 10.8. The van der Waals surface area contributed by atoms with Gasteiger partial charge in [-0.3, -0.25) is 4.79 Å². The highest BCUT2D eigenvalue weighted by atomic mass is 16.5. The quantitative estimate of drug-likeness (QED) is 0.389. The highest BCUT2D eigenvalue weighted by Gasteiger charge is 1.97. The molecule has 0 N–H and O–H groups in total. The summed E-state index contributed by atoms with van der Waals surface area (Å²) in [6.45, 7) is 4.53. The van der Waals surface area contributed by atoms with Crippen molar-refractivity contribution in [3.63, 3.8) is 0 Å². The van der Waals surface area contributed by atoms with E-state index >= 15 is 0 Å². The van der Waals surface area contributed by atoms with Crippen LogP contribution in [0.1, 0.15) is 71.6 Å². The second-order valence-corrected chi connectivity index (χ2v) is 4.28. The van der Waals surface area contributed by atoms with E-state index in [4.69, 9.17) is 4.74 Å². The first-order valence-electron chi connectivity index (χ1n) is 6.77. The minimum absolute atomic E-state index is 0.195. The Bertz CT molecular complexity index is 155. The minimum Gasteiger partial charge on any atom is -0.465 e. The van der Waals surface area contributed by atoms with Gasteiger partial charge in [-0.25, -0.2) is 0 Å². The van der Waals surface area contributed by atoms with E-state index < -0.39 is 0 Å². The van der Waals surface area contributed by atoms with Gasteiger partial charge in [0, 0.05) is 0 Å². The summed E-state index contributed by atoms with van der Waals surface area (Å²) in [6.07, 6.45) is 13.1. The molecule has 0 heterocycles. The lowest BCUT2D eigenvalue weighted by atomic mass is 10.1. The van der Waals surface area contributed by atoms with Crippen molar-refractivity contribution in [3.05, 3.63) is 6.42 Å². The standard InChI is InChI=1S/C14H27O2/c1-3-5-6-7-8-9-10-11-12-13-16-14(15)4-2/h4H,3,5-13H2,1-2H3. The van der Waals surface area contributed by atoms with Crippen LogP contribution in [-0.4, -0.2) is 12.6 Å². The molecular weight excluding hydrogens is 200 g/mol. The highest BCUT2D eigenvalue weighted by molar-refractivity contribution is 5.78. The summed E-state index contributed by atoms with van der Waals surface area (Å²) in [4.78, 5) is 10.8. The number of hydrogen-bond donors (Lipinski definition) is 0. The van der Waals surface area contributed by atoms with Crippen molar-refractivity contribution in [1.82, 2.24) is 0 Å². The van der Waals surface area contributed by atoms with Crippen LogP contribution in [0.4, 0.5) is 0 Å². The Balaban J connectivity index is 2.96. The fraction of sp³-hybridized carbons (Fsp3) is 0.857. The monoisotopic (exact) mass is 227 g/mol. The van der Waals surface area contributed by atoms with E-state index in [-0.39, 0.29) is 5.97 Å². The molecule has 2 nitrogen and oxygen atoms in total. The maximum atomic E-state index is 10.8. The van der Waals surface area contributed by atoms with Gasteiger partial charge in [0.05, 0.1) is 13.0 Å². The third kappa shape index (κ3) is 11.5. The maximum Gasteiger partial charge on any atom is 0.309 e. The topological polar surface area (TPSA) is 26.3 Å². The van der Waals surface area contributed by atoms with Crippen LogP contribution in [-0.2, 0) is 9.53 Å². The van der Waals surface area contributed by atoms with Crippen LogP contribution in [0.25, 0.3) is 0 Å². The van der Waals surface area contributed by atoms with Gasteiger partial charge >= 0.3 is 5.97 Å². The van der Waals surface area contributed by atoms with Crippen molar-refractivity contribution in [2.24, 2.45) is 0 Å². The van der Waals surface area contributed by atoms with Crippen LogP contribution in [0.2, 0.25) is 0 Å². The van der Waals surface area contributed by atoms with Gasteiger partial charge in [0.25, 0.3) is 0 Å². The smallest absolute Gasteiger partial charge is 0.309 e. The molecule has 0 aromatic heterocycles. The zero-order valence-corrected chi connectivity index (χ0v) is 11.0. The number of rotatable bonds is 11. The van der Waals surface area contributed by atoms with Crippen LogP contribution < -0.4 is 0 Å². The first kappa shape index (κ1) is 15.5. The summed E-state index contributed by atoms with van der Waals surface area (Å²) in [5.74, 6) is -0.195. The molecule has 16 heavy (non-hydrogen) atoms. The summed E-state index contributed by atoms with van der Waals surface area (Å²) < 4.78 is 4.96. The number of carbonyl (C=O) groups excluding carboxylic acids is 1. The Morgan fingerprint density at radius 2 is 1.44 bits per heavy atom. The fourth-order valence-electron chi connectivity index (χ4n) is 1.67. The van der Waals surface area contributed by atoms with Gasteiger partial charge in [-0.2, -0.15) is 0 Å². The normalized spacial score (nSPS) is 10.4.